The molecule has 0 spiro atoms. The number of aromatic hydroxyl groups is 11. The molecule has 12 N–H and O–H groups in total. The molecule has 16 heteroatoms. The number of esters is 1. The number of phenolic OH excluding ortho intramolecular Hbond substituents is 11. The third kappa shape index (κ3) is 5.85. The highest BCUT2D eigenvalue weighted by atomic mass is 16.6. The lowest BCUT2D eigenvalue weighted by Crippen LogP contribution is -2.36. The van der Waals surface area contributed by atoms with E-state index in [-0.39, 0.29) is 45.7 Å². The van der Waals surface area contributed by atoms with Gasteiger partial charge in [0.15, 0.2) is 52.5 Å². The minimum Gasteiger partial charge on any atom is -0.508 e. The van der Waals surface area contributed by atoms with Crippen molar-refractivity contribution in [2.75, 3.05) is 0 Å². The Morgan fingerprint density at radius 1 is 0.566 bits per heavy atom. The van der Waals surface area contributed by atoms with Crippen molar-refractivity contribution in [3.8, 4) is 74.7 Å². The monoisotopic (exact) mass is 730 g/mol. The van der Waals surface area contributed by atoms with Crippen molar-refractivity contribution in [1.82, 2.24) is 0 Å². The highest BCUT2D eigenvalue weighted by Crippen LogP contribution is 2.57. The Kier molecular flexibility index (Phi) is 8.18. The third-order valence-electron chi connectivity index (χ3n) is 9.23. The van der Waals surface area contributed by atoms with Gasteiger partial charge in [-0.3, -0.25) is 0 Å². The fourth-order valence-electron chi connectivity index (χ4n) is 6.71. The summed E-state index contributed by atoms with van der Waals surface area (Å²) < 4.78 is 17.8. The Hall–Kier alpha value is -7.07. The first-order chi connectivity index (χ1) is 25.1. The zero-order valence-corrected chi connectivity index (χ0v) is 26.9. The van der Waals surface area contributed by atoms with Crippen molar-refractivity contribution >= 4 is 5.97 Å². The molecule has 0 aliphatic carbocycles. The van der Waals surface area contributed by atoms with Crippen LogP contribution in [0.2, 0.25) is 0 Å². The van der Waals surface area contributed by atoms with Crippen LogP contribution in [0.25, 0.3) is 0 Å². The number of carbonyl (C=O) groups excluding carboxylic acids is 1. The Labute approximate surface area is 297 Å². The molecule has 0 unspecified atom stereocenters. The minimum atomic E-state index is -1.72. The van der Waals surface area contributed by atoms with Crippen LogP contribution in [0.1, 0.15) is 56.3 Å². The predicted octanol–water partition coefficient (Wildman–Crippen LogP) is 3.98. The number of rotatable bonds is 5. The second-order valence-corrected chi connectivity index (χ2v) is 12.6. The fraction of sp³-hybridized carbons (Fsp3) is 0.162. The number of hydrogen-bond acceptors (Lipinski definition) is 16. The maximum Gasteiger partial charge on any atom is 0.338 e. The summed E-state index contributed by atoms with van der Waals surface area (Å²) in [4.78, 5) is 13.4. The van der Waals surface area contributed by atoms with Crippen LogP contribution in [-0.2, 0) is 11.2 Å². The first-order valence-electron chi connectivity index (χ1n) is 15.8. The molecule has 0 fully saturated rings. The van der Waals surface area contributed by atoms with E-state index in [4.69, 9.17) is 14.2 Å². The van der Waals surface area contributed by atoms with E-state index >= 15 is 0 Å². The lowest BCUT2D eigenvalue weighted by atomic mass is 9.77. The van der Waals surface area contributed by atoms with Gasteiger partial charge in [-0.05, 0) is 42.0 Å². The number of carbonyl (C=O) groups is 1. The topological polar surface area (TPSA) is 288 Å². The number of aliphatic hydroxyl groups excluding tert-OH is 1. The smallest absolute Gasteiger partial charge is 0.338 e. The molecule has 274 valence electrons. The summed E-state index contributed by atoms with van der Waals surface area (Å²) in [5, 5.41) is 126. The Morgan fingerprint density at radius 3 is 1.74 bits per heavy atom. The van der Waals surface area contributed by atoms with E-state index in [1.807, 2.05) is 0 Å². The second-order valence-electron chi connectivity index (χ2n) is 12.6. The molecule has 5 aromatic carbocycles. The Balaban J connectivity index is 1.35. The standard InChI is InChI=1S/C37H30O16/c38-16-9-22(43)29-27(10-16)52-36(14-2-4-19(40)21(42)6-14)34(49)31(29)30-23(44)12-26-17(32(30)47)11-28(35(51-26)13-1-3-18(39)20(41)5-13)53-37(50)15-7-24(45)33(48)25(46)8-15/h1-10,12,28,31,34-36,38-49H,11H2/t28-,31+,34+,35+,36+/m0/s1. The highest BCUT2D eigenvalue weighted by Gasteiger charge is 2.46. The predicted molar refractivity (Wildman–Crippen MR) is 178 cm³/mol. The molecule has 16 nitrogen and oxygen atoms in total. The molecular formula is C37H30O16. The van der Waals surface area contributed by atoms with Crippen molar-refractivity contribution in [2.24, 2.45) is 0 Å². The number of phenols is 11. The van der Waals surface area contributed by atoms with E-state index in [2.05, 4.69) is 0 Å². The Bertz CT molecular complexity index is 2280. The molecule has 5 aromatic rings. The summed E-state index contributed by atoms with van der Waals surface area (Å²) in [6.45, 7) is 0. The first-order valence-corrected chi connectivity index (χ1v) is 15.8. The molecule has 0 saturated heterocycles. The number of benzene rings is 5. The maximum atomic E-state index is 13.4. The molecule has 0 amide bonds. The van der Waals surface area contributed by atoms with E-state index in [9.17, 15) is 66.1 Å². The van der Waals surface area contributed by atoms with Gasteiger partial charge in [-0.15, -0.1) is 0 Å². The van der Waals surface area contributed by atoms with Gasteiger partial charge in [-0.1, -0.05) is 12.1 Å². The third-order valence-corrected chi connectivity index (χ3v) is 9.23. The summed E-state index contributed by atoms with van der Waals surface area (Å²) in [7, 11) is 0. The van der Waals surface area contributed by atoms with Crippen LogP contribution in [-0.4, -0.2) is 79.5 Å². The number of fused-ring (bicyclic) bond motifs is 2. The quantitative estimate of drug-likeness (QED) is 0.0899. The normalized spacial score (nSPS) is 20.4. The van der Waals surface area contributed by atoms with Gasteiger partial charge < -0.3 is 75.5 Å². The zero-order valence-electron chi connectivity index (χ0n) is 26.9. The SMILES string of the molecule is O=C(O[C@H]1Cc2c(cc(O)c([C@H]3c4c(O)cc(O)cc4O[C@H](c4ccc(O)c(O)c4)[C@@H]3O)c2O)O[C@@H]1c1ccc(O)c(O)c1)c1cc(O)c(O)c(O)c1. The molecule has 7 rings (SSSR count). The van der Waals surface area contributed by atoms with Crippen molar-refractivity contribution in [3.05, 3.63) is 100 Å². The molecule has 5 atom stereocenters. The van der Waals surface area contributed by atoms with Gasteiger partial charge in [0.05, 0.1) is 11.5 Å². The number of hydrogen-bond donors (Lipinski definition) is 12. The van der Waals surface area contributed by atoms with E-state index < -0.39 is 105 Å². The van der Waals surface area contributed by atoms with Crippen LogP contribution in [0.15, 0.2) is 66.7 Å². The van der Waals surface area contributed by atoms with Crippen LogP contribution in [0.5, 0.6) is 74.7 Å². The van der Waals surface area contributed by atoms with Crippen LogP contribution < -0.4 is 9.47 Å². The summed E-state index contributed by atoms with van der Waals surface area (Å²) in [6.07, 6.45) is -6.10. The molecule has 0 bridgehead atoms. The summed E-state index contributed by atoms with van der Waals surface area (Å²) in [5.74, 6) is -9.82. The minimum absolute atomic E-state index is 0.0661. The lowest BCUT2D eigenvalue weighted by Gasteiger charge is -2.39. The molecule has 0 radical (unpaired) electrons. The Morgan fingerprint density at radius 2 is 1.13 bits per heavy atom. The molecule has 0 aromatic heterocycles. The molecular weight excluding hydrogens is 700 g/mol. The van der Waals surface area contributed by atoms with E-state index in [1.165, 1.54) is 12.1 Å². The average Bonchev–Trinajstić information content (AvgIpc) is 3.10. The van der Waals surface area contributed by atoms with Crippen molar-refractivity contribution in [2.45, 2.75) is 36.8 Å². The van der Waals surface area contributed by atoms with Crippen LogP contribution >= 0.6 is 0 Å². The highest BCUT2D eigenvalue weighted by molar-refractivity contribution is 5.91. The van der Waals surface area contributed by atoms with Crippen LogP contribution in [0, 0.1) is 0 Å². The van der Waals surface area contributed by atoms with Crippen molar-refractivity contribution in [3.63, 3.8) is 0 Å². The van der Waals surface area contributed by atoms with Gasteiger partial charge in [-0.25, -0.2) is 4.79 Å². The number of aliphatic hydroxyl groups is 1. The van der Waals surface area contributed by atoms with Gasteiger partial charge in [0.25, 0.3) is 0 Å². The first kappa shape index (κ1) is 34.4. The van der Waals surface area contributed by atoms with Gasteiger partial charge in [0.1, 0.15) is 46.7 Å². The van der Waals surface area contributed by atoms with Crippen LogP contribution in [0.4, 0.5) is 0 Å². The van der Waals surface area contributed by atoms with E-state index in [0.29, 0.717) is 0 Å². The summed E-state index contributed by atoms with van der Waals surface area (Å²) >= 11 is 0. The van der Waals surface area contributed by atoms with E-state index in [0.717, 1.165) is 54.6 Å². The second kappa shape index (κ2) is 12.6. The van der Waals surface area contributed by atoms with Gasteiger partial charge in [0.2, 0.25) is 0 Å². The zero-order chi connectivity index (χ0) is 38.0. The van der Waals surface area contributed by atoms with Gasteiger partial charge in [-0.2, -0.15) is 0 Å². The fourth-order valence-corrected chi connectivity index (χ4v) is 6.71. The van der Waals surface area contributed by atoms with Gasteiger partial charge >= 0.3 is 5.97 Å². The van der Waals surface area contributed by atoms with Crippen molar-refractivity contribution < 1.29 is 80.3 Å². The molecule has 2 heterocycles. The van der Waals surface area contributed by atoms with E-state index in [1.54, 1.807) is 0 Å². The molecule has 0 saturated carbocycles. The summed E-state index contributed by atoms with van der Waals surface area (Å²) in [5.41, 5.74) is -0.657. The largest absolute Gasteiger partial charge is 0.508 e. The maximum absolute atomic E-state index is 13.4. The van der Waals surface area contributed by atoms with Crippen LogP contribution in [0.3, 0.4) is 0 Å². The average molecular weight is 731 g/mol. The number of ether oxygens (including phenoxy) is 3. The van der Waals surface area contributed by atoms with Gasteiger partial charge in [0, 0.05) is 46.9 Å². The summed E-state index contributed by atoms with van der Waals surface area (Å²) in [6, 6.07) is 12.1. The molecule has 53 heavy (non-hydrogen) atoms. The lowest BCUT2D eigenvalue weighted by molar-refractivity contribution is -0.0191. The van der Waals surface area contributed by atoms with Crippen molar-refractivity contribution in [1.29, 1.82) is 0 Å². The molecule has 2 aliphatic rings. The molecule has 2 aliphatic heterocycles.